The van der Waals surface area contributed by atoms with E-state index in [2.05, 4.69) is 24.1 Å². The molecule has 2 aromatic rings. The van der Waals surface area contributed by atoms with Crippen molar-refractivity contribution in [1.82, 2.24) is 14.7 Å². The molecule has 2 aromatic carbocycles. The van der Waals surface area contributed by atoms with E-state index in [0.29, 0.717) is 63.4 Å². The van der Waals surface area contributed by atoms with E-state index in [1.807, 2.05) is 4.90 Å². The van der Waals surface area contributed by atoms with Crippen LogP contribution in [0.25, 0.3) is 0 Å². The molecule has 5 rings (SSSR count). The van der Waals surface area contributed by atoms with Crippen molar-refractivity contribution in [2.24, 2.45) is 5.41 Å². The van der Waals surface area contributed by atoms with Gasteiger partial charge in [0.25, 0.3) is 11.8 Å². The van der Waals surface area contributed by atoms with Crippen molar-refractivity contribution in [3.05, 3.63) is 61.5 Å². The Balaban J connectivity index is 0.00000405. The normalized spacial score (nSPS) is 21.0. The lowest BCUT2D eigenvalue weighted by molar-refractivity contribution is -0.152. The molecule has 3 saturated heterocycles. The summed E-state index contributed by atoms with van der Waals surface area (Å²) in [5, 5.41) is 16.0. The van der Waals surface area contributed by atoms with Gasteiger partial charge in [-0.15, -0.1) is 0 Å². The van der Waals surface area contributed by atoms with E-state index in [-0.39, 0.29) is 36.8 Å². The first-order valence-corrected chi connectivity index (χ1v) is 15.5. The van der Waals surface area contributed by atoms with Crippen LogP contribution in [0.3, 0.4) is 0 Å². The third kappa shape index (κ3) is 7.12. The number of hydrogen-bond acceptors (Lipinski definition) is 5. The zero-order valence-corrected chi connectivity index (χ0v) is 28.0. The Bertz CT molecular complexity index is 1300. The van der Waals surface area contributed by atoms with Gasteiger partial charge in [-0.25, -0.2) is 0 Å². The van der Waals surface area contributed by atoms with Crippen molar-refractivity contribution in [1.29, 1.82) is 0 Å². The van der Waals surface area contributed by atoms with Crippen LogP contribution in [0.1, 0.15) is 56.0 Å². The van der Waals surface area contributed by atoms with E-state index in [4.69, 9.17) is 46.4 Å². The maximum Gasteiger partial charge on any atom is 0.258 e. The molecule has 42 heavy (non-hydrogen) atoms. The lowest BCUT2D eigenvalue weighted by Gasteiger charge is -2.48. The standard InChI is InChI=1S/C30H36Cl4N4O3.H2S/c1-29(2)6-9-37(17-29)27(39)26-24(33)13-21(14-25(26)34)35-22-15-38(16-22)23-4-7-36(8-5-23)28(40)30(3,41)18-10-19(31)12-20(32)11-18;/h10-14,22-23,35,41H,4-9,15-17H2,1-3H3;1H2/t30-;/m0./s1. The summed E-state index contributed by atoms with van der Waals surface area (Å²) in [7, 11) is 0. The Hall–Kier alpha value is -1.39. The number of amides is 2. The van der Waals surface area contributed by atoms with Crippen LogP contribution in [0.15, 0.2) is 30.3 Å². The highest BCUT2D eigenvalue weighted by molar-refractivity contribution is 7.59. The van der Waals surface area contributed by atoms with Gasteiger partial charge in [-0.2, -0.15) is 13.5 Å². The second-order valence-corrected chi connectivity index (χ2v) is 14.2. The van der Waals surface area contributed by atoms with Crippen LogP contribution in [0.5, 0.6) is 0 Å². The van der Waals surface area contributed by atoms with Gasteiger partial charge in [-0.1, -0.05) is 60.3 Å². The summed E-state index contributed by atoms with van der Waals surface area (Å²) < 4.78 is 0. The highest BCUT2D eigenvalue weighted by atomic mass is 35.5. The summed E-state index contributed by atoms with van der Waals surface area (Å²) in [4.78, 5) is 32.3. The van der Waals surface area contributed by atoms with Gasteiger partial charge in [0.15, 0.2) is 5.60 Å². The van der Waals surface area contributed by atoms with E-state index < -0.39 is 5.60 Å². The number of nitrogens with zero attached hydrogens (tertiary/aromatic N) is 3. The monoisotopic (exact) mass is 674 g/mol. The number of halogens is 4. The van der Waals surface area contributed by atoms with E-state index >= 15 is 0 Å². The molecule has 3 heterocycles. The summed E-state index contributed by atoms with van der Waals surface area (Å²) in [5.74, 6) is -0.462. The number of hydrogen-bond donors (Lipinski definition) is 2. The number of carbonyl (C=O) groups is 2. The van der Waals surface area contributed by atoms with Crippen LogP contribution in [-0.4, -0.2) is 83.0 Å². The third-order valence-corrected chi connectivity index (χ3v) is 9.64. The Kier molecular flexibility index (Phi) is 10.3. The van der Waals surface area contributed by atoms with Crippen LogP contribution in [0.2, 0.25) is 20.1 Å². The highest BCUT2D eigenvalue weighted by Gasteiger charge is 2.40. The first-order chi connectivity index (χ1) is 19.2. The lowest BCUT2D eigenvalue weighted by Crippen LogP contribution is -2.61. The minimum atomic E-state index is -1.71. The summed E-state index contributed by atoms with van der Waals surface area (Å²) in [6, 6.07) is 8.89. The van der Waals surface area contributed by atoms with Crippen LogP contribution in [0.4, 0.5) is 5.69 Å². The first-order valence-electron chi connectivity index (χ1n) is 14.0. The summed E-state index contributed by atoms with van der Waals surface area (Å²) in [6.45, 7) is 10.1. The summed E-state index contributed by atoms with van der Waals surface area (Å²) in [6.07, 6.45) is 2.61. The Morgan fingerprint density at radius 2 is 1.50 bits per heavy atom. The number of benzene rings is 2. The van der Waals surface area contributed by atoms with Crippen molar-refractivity contribution < 1.29 is 14.7 Å². The molecule has 12 heteroatoms. The molecule has 0 aliphatic carbocycles. The van der Waals surface area contributed by atoms with Crippen molar-refractivity contribution in [2.75, 3.05) is 44.6 Å². The van der Waals surface area contributed by atoms with Gasteiger partial charge in [0.2, 0.25) is 0 Å². The topological polar surface area (TPSA) is 76.1 Å². The second-order valence-electron chi connectivity index (χ2n) is 12.5. The van der Waals surface area contributed by atoms with Crippen molar-refractivity contribution in [3.8, 4) is 0 Å². The maximum atomic E-state index is 13.2. The number of nitrogens with one attached hydrogen (secondary N) is 1. The predicted molar refractivity (Wildman–Crippen MR) is 176 cm³/mol. The Labute approximate surface area is 274 Å². The molecule has 7 nitrogen and oxygen atoms in total. The molecule has 0 aromatic heterocycles. The SMILES string of the molecule is CC1(C)CCN(C(=O)c2c(Cl)cc(NC3CN(C4CCN(C(=O)[C@@](C)(O)c5cc(Cl)cc(Cl)c5)CC4)C3)cc2Cl)C1.S. The molecular weight excluding hydrogens is 638 g/mol. The van der Waals surface area contributed by atoms with E-state index in [1.54, 1.807) is 35.2 Å². The summed E-state index contributed by atoms with van der Waals surface area (Å²) >= 11 is 25.3. The fourth-order valence-corrected chi connectivity index (χ4v) is 7.32. The number of likely N-dealkylation sites (tertiary alicyclic amines) is 3. The molecule has 0 spiro atoms. The number of rotatable bonds is 6. The van der Waals surface area contributed by atoms with Gasteiger partial charge >= 0.3 is 0 Å². The molecule has 230 valence electrons. The van der Waals surface area contributed by atoms with Gasteiger partial charge in [-0.3, -0.25) is 14.5 Å². The van der Waals surface area contributed by atoms with Crippen molar-refractivity contribution in [2.45, 2.75) is 57.7 Å². The van der Waals surface area contributed by atoms with Gasteiger partial charge in [0.05, 0.1) is 21.7 Å². The summed E-state index contributed by atoms with van der Waals surface area (Å²) in [5.41, 5.74) is -0.0570. The maximum absolute atomic E-state index is 13.2. The Morgan fingerprint density at radius 1 is 0.929 bits per heavy atom. The molecule has 1 atom stereocenters. The van der Waals surface area contributed by atoms with Gasteiger partial charge in [0.1, 0.15) is 0 Å². The van der Waals surface area contributed by atoms with Gasteiger partial charge in [0, 0.05) is 61.0 Å². The quantitative estimate of drug-likeness (QED) is 0.377. The number of anilines is 1. The average molecular weight is 677 g/mol. The molecule has 0 radical (unpaired) electrons. The van der Waals surface area contributed by atoms with Crippen molar-refractivity contribution >= 4 is 77.4 Å². The number of aliphatic hydroxyl groups is 1. The smallest absolute Gasteiger partial charge is 0.258 e. The highest BCUT2D eigenvalue weighted by Crippen LogP contribution is 2.36. The fourth-order valence-electron chi connectivity index (χ4n) is 6.14. The fraction of sp³-hybridized carbons (Fsp3) is 0.533. The molecule has 3 fully saturated rings. The van der Waals surface area contributed by atoms with Crippen LogP contribution < -0.4 is 5.32 Å². The zero-order chi connectivity index (χ0) is 29.7. The van der Waals surface area contributed by atoms with Crippen LogP contribution in [0, 0.1) is 5.41 Å². The van der Waals surface area contributed by atoms with Crippen molar-refractivity contribution in [3.63, 3.8) is 0 Å². The lowest BCUT2D eigenvalue weighted by atomic mass is 9.92. The largest absolute Gasteiger partial charge is 0.380 e. The molecular formula is C30H38Cl4N4O3S. The molecule has 2 amide bonds. The molecule has 3 aliphatic rings. The molecule has 0 bridgehead atoms. The molecule has 3 aliphatic heterocycles. The average Bonchev–Trinajstić information content (AvgIpc) is 3.24. The minimum absolute atomic E-state index is 0. The van der Waals surface area contributed by atoms with Crippen LogP contribution in [-0.2, 0) is 10.4 Å². The van der Waals surface area contributed by atoms with Gasteiger partial charge in [-0.05, 0) is 67.5 Å². The Morgan fingerprint density at radius 3 is 2.02 bits per heavy atom. The zero-order valence-electron chi connectivity index (χ0n) is 24.0. The second kappa shape index (κ2) is 12.9. The van der Waals surface area contributed by atoms with E-state index in [9.17, 15) is 14.7 Å². The van der Waals surface area contributed by atoms with E-state index in [0.717, 1.165) is 38.0 Å². The minimum Gasteiger partial charge on any atom is -0.380 e. The number of carbonyl (C=O) groups excluding carboxylic acids is 2. The third-order valence-electron chi connectivity index (χ3n) is 8.61. The first kappa shape index (κ1) is 33.5. The number of piperidine rings is 1. The predicted octanol–water partition coefficient (Wildman–Crippen LogP) is 6.28. The molecule has 0 unspecified atom stereocenters. The van der Waals surface area contributed by atoms with Gasteiger partial charge < -0.3 is 20.2 Å². The van der Waals surface area contributed by atoms with E-state index in [1.165, 1.54) is 6.92 Å². The molecule has 0 saturated carbocycles. The molecule has 2 N–H and O–H groups in total. The van der Waals surface area contributed by atoms with Crippen LogP contribution >= 0.6 is 59.9 Å².